The Labute approximate surface area is 84.6 Å². The number of pyridine rings is 1. The van der Waals surface area contributed by atoms with E-state index in [0.717, 1.165) is 21.4 Å². The third-order valence-electron chi connectivity index (χ3n) is 2.33. The summed E-state index contributed by atoms with van der Waals surface area (Å²) in [6, 6.07) is 0. The molecule has 1 heterocycles. The lowest BCUT2D eigenvalue weighted by Gasteiger charge is -2.10. The van der Waals surface area contributed by atoms with Crippen LogP contribution in [0, 0.1) is 26.0 Å². The van der Waals surface area contributed by atoms with Crippen LogP contribution in [0.15, 0.2) is 6.20 Å². The van der Waals surface area contributed by atoms with Crippen LogP contribution < -0.4 is 10.5 Å². The summed E-state index contributed by atoms with van der Waals surface area (Å²) in [4.78, 5) is 0. The zero-order chi connectivity index (χ0) is 9.30. The van der Waals surface area contributed by atoms with Gasteiger partial charge in [-0.15, -0.1) is 12.4 Å². The predicted octanol–water partition coefficient (Wildman–Crippen LogP) is 1.13. The molecule has 13 heavy (non-hydrogen) atoms. The van der Waals surface area contributed by atoms with E-state index in [2.05, 4.69) is 0 Å². The Morgan fingerprint density at radius 3 is 2.38 bits per heavy atom. The summed E-state index contributed by atoms with van der Waals surface area (Å²) in [7, 11) is 0. The summed E-state index contributed by atoms with van der Waals surface area (Å²) in [6.45, 7) is 6.14. The second kappa shape index (κ2) is 4.44. The van der Waals surface area contributed by atoms with Crippen molar-refractivity contribution in [3.05, 3.63) is 33.8 Å². The van der Waals surface area contributed by atoms with Crippen molar-refractivity contribution in [1.82, 2.24) is 0 Å². The second-order valence-electron chi connectivity index (χ2n) is 3.03. The lowest BCUT2D eigenvalue weighted by Crippen LogP contribution is -2.32. The fourth-order valence-electron chi connectivity index (χ4n) is 1.31. The second-order valence-corrected chi connectivity index (χ2v) is 3.03. The van der Waals surface area contributed by atoms with Gasteiger partial charge in [0.2, 0.25) is 0 Å². The Morgan fingerprint density at radius 2 is 1.92 bits per heavy atom. The lowest BCUT2D eigenvalue weighted by atomic mass is 10.0. The van der Waals surface area contributed by atoms with Crippen molar-refractivity contribution in [3.63, 3.8) is 0 Å². The first-order valence-electron chi connectivity index (χ1n) is 3.96. The maximum absolute atomic E-state index is 11.2. The molecule has 0 spiro atoms. The first kappa shape index (κ1) is 12.2. The predicted molar refractivity (Wildman–Crippen MR) is 54.8 cm³/mol. The molecule has 0 aliphatic heterocycles. The highest BCUT2D eigenvalue weighted by Crippen LogP contribution is 2.12. The third-order valence-corrected chi connectivity index (χ3v) is 2.33. The molecule has 0 amide bonds. The van der Waals surface area contributed by atoms with Gasteiger partial charge in [0.25, 0.3) is 0 Å². The molecule has 0 saturated carbocycles. The number of nitrogens with zero attached hydrogens (tertiary/aromatic N) is 1. The van der Waals surface area contributed by atoms with Crippen molar-refractivity contribution in [2.75, 3.05) is 0 Å². The molecule has 0 saturated heterocycles. The molecule has 3 nitrogen and oxygen atoms in total. The zero-order valence-corrected chi connectivity index (χ0v) is 8.94. The molecule has 0 atom stereocenters. The van der Waals surface area contributed by atoms with Crippen molar-refractivity contribution in [1.29, 1.82) is 0 Å². The van der Waals surface area contributed by atoms with Crippen molar-refractivity contribution >= 4 is 12.4 Å². The quantitative estimate of drug-likeness (QED) is 0.548. The van der Waals surface area contributed by atoms with Gasteiger partial charge >= 0.3 is 0 Å². The van der Waals surface area contributed by atoms with E-state index >= 15 is 0 Å². The number of halogens is 1. The van der Waals surface area contributed by atoms with Gasteiger partial charge in [-0.1, -0.05) is 0 Å². The van der Waals surface area contributed by atoms with Gasteiger partial charge in [0.1, 0.15) is 0 Å². The van der Waals surface area contributed by atoms with Crippen LogP contribution in [0.4, 0.5) is 0 Å². The highest BCUT2D eigenvalue weighted by molar-refractivity contribution is 5.85. The van der Waals surface area contributed by atoms with Crippen LogP contribution in [0.2, 0.25) is 0 Å². The minimum atomic E-state index is 0. The van der Waals surface area contributed by atoms with Gasteiger partial charge in [-0.25, -0.2) is 0 Å². The average Bonchev–Trinajstić information content (AvgIpc) is 2.02. The van der Waals surface area contributed by atoms with E-state index in [4.69, 9.17) is 5.73 Å². The fraction of sp³-hybridized carbons (Fsp3) is 0.444. The number of aryl methyl sites for hydroxylation is 1. The van der Waals surface area contributed by atoms with Crippen molar-refractivity contribution in [2.24, 2.45) is 5.73 Å². The number of rotatable bonds is 1. The van der Waals surface area contributed by atoms with Gasteiger partial charge in [0.15, 0.2) is 11.9 Å². The van der Waals surface area contributed by atoms with Gasteiger partial charge in [-0.05, 0) is 19.4 Å². The Bertz CT molecular complexity index is 287. The van der Waals surface area contributed by atoms with Gasteiger partial charge in [-0.2, -0.15) is 4.73 Å². The molecular weight excluding hydrogens is 188 g/mol. The molecule has 0 aliphatic carbocycles. The van der Waals surface area contributed by atoms with Crippen LogP contribution in [-0.2, 0) is 6.54 Å². The van der Waals surface area contributed by atoms with Crippen LogP contribution in [0.25, 0.3) is 0 Å². The molecule has 4 heteroatoms. The maximum atomic E-state index is 11.2. The number of nitrogens with two attached hydrogens (primary N) is 1. The summed E-state index contributed by atoms with van der Waals surface area (Å²) in [6.07, 6.45) is 1.59. The number of hydrogen-bond acceptors (Lipinski definition) is 2. The molecule has 74 valence electrons. The van der Waals surface area contributed by atoms with Crippen LogP contribution in [0.5, 0.6) is 0 Å². The summed E-state index contributed by atoms with van der Waals surface area (Å²) in [5.41, 5.74) is 9.33. The van der Waals surface area contributed by atoms with E-state index in [0.29, 0.717) is 12.2 Å². The Balaban J connectivity index is 0.00000144. The zero-order valence-electron chi connectivity index (χ0n) is 8.13. The molecule has 1 rings (SSSR count). The van der Waals surface area contributed by atoms with Crippen LogP contribution in [0.3, 0.4) is 0 Å². The third kappa shape index (κ3) is 2.11. The van der Waals surface area contributed by atoms with Gasteiger partial charge < -0.3 is 10.9 Å². The first-order valence-corrected chi connectivity index (χ1v) is 3.96. The smallest absolute Gasteiger partial charge is 0.194 e. The van der Waals surface area contributed by atoms with Crippen molar-refractivity contribution < 1.29 is 4.73 Å². The van der Waals surface area contributed by atoms with Crippen LogP contribution in [0.1, 0.15) is 22.4 Å². The summed E-state index contributed by atoms with van der Waals surface area (Å²) in [5.74, 6) is 0. The molecule has 2 N–H and O–H groups in total. The van der Waals surface area contributed by atoms with E-state index in [1.54, 1.807) is 13.1 Å². The molecule has 1 aromatic heterocycles. The summed E-state index contributed by atoms with van der Waals surface area (Å²) >= 11 is 0. The molecular formula is C9H15ClN2O. The number of aromatic nitrogens is 1. The summed E-state index contributed by atoms with van der Waals surface area (Å²) < 4.78 is 0.879. The van der Waals surface area contributed by atoms with E-state index in [9.17, 15) is 5.21 Å². The minimum absolute atomic E-state index is 0. The topological polar surface area (TPSA) is 53.0 Å². The van der Waals surface area contributed by atoms with E-state index in [1.165, 1.54) is 0 Å². The van der Waals surface area contributed by atoms with Crippen molar-refractivity contribution in [3.8, 4) is 0 Å². The summed E-state index contributed by atoms with van der Waals surface area (Å²) in [5, 5.41) is 11.2. The number of hydrogen-bond donors (Lipinski definition) is 1. The van der Waals surface area contributed by atoms with Gasteiger partial charge in [-0.3, -0.25) is 0 Å². The highest BCUT2D eigenvalue weighted by Gasteiger charge is 2.11. The van der Waals surface area contributed by atoms with Crippen LogP contribution >= 0.6 is 12.4 Å². The average molecular weight is 203 g/mol. The van der Waals surface area contributed by atoms with E-state index in [1.807, 2.05) is 13.8 Å². The van der Waals surface area contributed by atoms with Crippen molar-refractivity contribution in [2.45, 2.75) is 27.3 Å². The van der Waals surface area contributed by atoms with E-state index in [-0.39, 0.29) is 12.4 Å². The molecule has 0 fully saturated rings. The van der Waals surface area contributed by atoms with Gasteiger partial charge in [0.05, 0.1) is 0 Å². The monoisotopic (exact) mass is 202 g/mol. The Morgan fingerprint density at radius 1 is 1.38 bits per heavy atom. The largest absolute Gasteiger partial charge is 0.618 e. The first-order chi connectivity index (χ1) is 5.57. The highest BCUT2D eigenvalue weighted by atomic mass is 35.5. The Kier molecular flexibility index (Phi) is 4.17. The molecule has 0 radical (unpaired) electrons. The van der Waals surface area contributed by atoms with Crippen LogP contribution in [-0.4, -0.2) is 0 Å². The minimum Gasteiger partial charge on any atom is -0.618 e. The Hall–Kier alpha value is -0.800. The van der Waals surface area contributed by atoms with Gasteiger partial charge in [0, 0.05) is 24.6 Å². The molecule has 0 aliphatic rings. The molecule has 1 aromatic rings. The SMILES string of the molecule is Cc1c[n+]([O-])c(C)c(CN)c1C.Cl. The lowest BCUT2D eigenvalue weighted by molar-refractivity contribution is -0.613. The molecule has 0 bridgehead atoms. The fourth-order valence-corrected chi connectivity index (χ4v) is 1.31. The maximum Gasteiger partial charge on any atom is 0.194 e. The normalized spacial score (nSPS) is 9.54. The van der Waals surface area contributed by atoms with E-state index < -0.39 is 0 Å². The molecule has 0 aromatic carbocycles. The standard InChI is InChI=1S/C9H14N2O.ClH/c1-6-5-11(12)8(3)9(4-10)7(6)2;/h5H,4,10H2,1-3H3;1H. The molecule has 0 unspecified atom stereocenters.